The lowest BCUT2D eigenvalue weighted by atomic mass is 10.3. The number of carbonyl (C=O) groups excluding carboxylic acids is 3. The number of pyridine rings is 1. The van der Waals surface area contributed by atoms with Crippen molar-refractivity contribution in [3.63, 3.8) is 0 Å². The summed E-state index contributed by atoms with van der Waals surface area (Å²) >= 11 is 0. The van der Waals surface area contributed by atoms with Crippen molar-refractivity contribution >= 4 is 17.9 Å². The fourth-order valence-corrected chi connectivity index (χ4v) is 1.18. The van der Waals surface area contributed by atoms with Crippen LogP contribution < -0.4 is 15.4 Å². The predicted molar refractivity (Wildman–Crippen MR) is 68.7 cm³/mol. The first-order valence-electron chi connectivity index (χ1n) is 6.05. The molecule has 0 aliphatic carbocycles. The zero-order valence-corrected chi connectivity index (χ0v) is 11.8. The molecule has 0 unspecified atom stereocenters. The summed E-state index contributed by atoms with van der Waals surface area (Å²) in [5, 5.41) is 4.00. The van der Waals surface area contributed by atoms with Crippen molar-refractivity contribution in [1.29, 1.82) is 0 Å². The summed E-state index contributed by atoms with van der Waals surface area (Å²) in [5.41, 5.74) is -0.0999. The summed E-state index contributed by atoms with van der Waals surface area (Å²) in [6, 6.07) is 1.41. The van der Waals surface area contributed by atoms with Crippen LogP contribution in [0.5, 0.6) is 5.88 Å². The van der Waals surface area contributed by atoms with Gasteiger partial charge in [0.1, 0.15) is 0 Å². The number of rotatable bonds is 5. The zero-order chi connectivity index (χ0) is 17.5. The van der Waals surface area contributed by atoms with Crippen molar-refractivity contribution in [1.82, 2.24) is 15.6 Å². The fraction of sp³-hybridized carbons (Fsp3) is 0.333. The molecule has 0 aromatic carbocycles. The van der Waals surface area contributed by atoms with E-state index in [0.717, 1.165) is 18.3 Å². The van der Waals surface area contributed by atoms with E-state index in [9.17, 15) is 27.6 Å². The van der Waals surface area contributed by atoms with Gasteiger partial charge in [0.05, 0.1) is 5.56 Å². The van der Waals surface area contributed by atoms with Gasteiger partial charge in [0.2, 0.25) is 5.88 Å². The molecule has 1 rings (SSSR count). The number of carbonyl (C=O) groups is 3. The van der Waals surface area contributed by atoms with Gasteiger partial charge in [-0.05, 0) is 6.07 Å². The lowest BCUT2D eigenvalue weighted by Crippen LogP contribution is -2.39. The van der Waals surface area contributed by atoms with Gasteiger partial charge in [-0.2, -0.15) is 13.2 Å². The highest BCUT2D eigenvalue weighted by molar-refractivity contribution is 5.96. The maximum atomic E-state index is 11.9. The maximum absolute atomic E-state index is 11.9. The van der Waals surface area contributed by atoms with Crippen molar-refractivity contribution in [3.05, 3.63) is 23.9 Å². The number of imide groups is 1. The van der Waals surface area contributed by atoms with Crippen LogP contribution in [-0.4, -0.2) is 49.3 Å². The van der Waals surface area contributed by atoms with E-state index >= 15 is 0 Å². The zero-order valence-electron chi connectivity index (χ0n) is 11.8. The molecule has 0 saturated heterocycles. The van der Waals surface area contributed by atoms with E-state index in [1.807, 2.05) is 5.32 Å². The van der Waals surface area contributed by atoms with Crippen LogP contribution in [0.25, 0.3) is 0 Å². The smallest absolute Gasteiger partial charge is 0.422 e. The Hall–Kier alpha value is -2.85. The van der Waals surface area contributed by atoms with E-state index in [2.05, 4.69) is 19.8 Å². The largest absolute Gasteiger partial charge is 0.468 e. The molecular formula is C12H12F3N3O5. The average molecular weight is 335 g/mol. The molecular weight excluding hydrogens is 323 g/mol. The highest BCUT2D eigenvalue weighted by Gasteiger charge is 2.28. The summed E-state index contributed by atoms with van der Waals surface area (Å²) in [7, 11) is 1.29. The number of hydrogen-bond acceptors (Lipinski definition) is 6. The second kappa shape index (κ2) is 7.96. The minimum absolute atomic E-state index is 0.0999. The number of urea groups is 1. The molecule has 0 aliphatic rings. The van der Waals surface area contributed by atoms with E-state index in [0.29, 0.717) is 0 Å². The Balaban J connectivity index is 2.48. The van der Waals surface area contributed by atoms with E-state index in [4.69, 9.17) is 0 Å². The lowest BCUT2D eigenvalue weighted by molar-refractivity contribution is -0.154. The molecule has 1 aromatic heterocycles. The van der Waals surface area contributed by atoms with Crippen LogP contribution >= 0.6 is 0 Å². The van der Waals surface area contributed by atoms with Gasteiger partial charge in [0, 0.05) is 19.3 Å². The van der Waals surface area contributed by atoms with Crippen molar-refractivity contribution < 1.29 is 37.0 Å². The minimum Gasteiger partial charge on any atom is -0.468 e. The van der Waals surface area contributed by atoms with E-state index in [-0.39, 0.29) is 11.4 Å². The molecule has 1 aromatic rings. The Labute approximate surface area is 128 Å². The predicted octanol–water partition coefficient (Wildman–Crippen LogP) is 0.635. The summed E-state index contributed by atoms with van der Waals surface area (Å²) < 4.78 is 44.8. The molecule has 3 amide bonds. The van der Waals surface area contributed by atoms with Crippen molar-refractivity contribution in [2.45, 2.75) is 6.18 Å². The van der Waals surface area contributed by atoms with Crippen LogP contribution in [0.1, 0.15) is 10.4 Å². The maximum Gasteiger partial charge on any atom is 0.422 e. The van der Waals surface area contributed by atoms with E-state index in [1.165, 1.54) is 7.05 Å². The summed E-state index contributed by atoms with van der Waals surface area (Å²) in [4.78, 5) is 37.1. The summed E-state index contributed by atoms with van der Waals surface area (Å²) in [6.07, 6.45) is -3.57. The summed E-state index contributed by atoms with van der Waals surface area (Å²) in [5.74, 6) is -2.11. The number of nitrogens with one attached hydrogen (secondary N) is 2. The van der Waals surface area contributed by atoms with Crippen LogP contribution in [0.4, 0.5) is 18.0 Å². The molecule has 11 heteroatoms. The Morgan fingerprint density at radius 2 is 1.96 bits per heavy atom. The molecule has 0 atom stereocenters. The summed E-state index contributed by atoms with van der Waals surface area (Å²) in [6.45, 7) is -2.22. The van der Waals surface area contributed by atoms with Crippen LogP contribution in [0, 0.1) is 0 Å². The third-order valence-electron chi connectivity index (χ3n) is 2.17. The Morgan fingerprint density at radius 1 is 1.26 bits per heavy atom. The van der Waals surface area contributed by atoms with Gasteiger partial charge in [-0.25, -0.2) is 14.6 Å². The number of ether oxygens (including phenoxy) is 2. The van der Waals surface area contributed by atoms with Crippen molar-refractivity contribution in [3.8, 4) is 5.88 Å². The van der Waals surface area contributed by atoms with Gasteiger partial charge in [-0.1, -0.05) is 0 Å². The average Bonchev–Trinajstić information content (AvgIpc) is 2.50. The number of amides is 3. The van der Waals surface area contributed by atoms with Gasteiger partial charge in [0.15, 0.2) is 13.2 Å². The monoisotopic (exact) mass is 335 g/mol. The fourth-order valence-electron chi connectivity index (χ4n) is 1.18. The second-order valence-electron chi connectivity index (χ2n) is 3.99. The molecule has 23 heavy (non-hydrogen) atoms. The molecule has 126 valence electrons. The number of esters is 1. The molecule has 8 nitrogen and oxygen atoms in total. The number of nitrogens with zero attached hydrogens (tertiary/aromatic N) is 1. The lowest BCUT2D eigenvalue weighted by Gasteiger charge is -2.08. The molecule has 0 saturated carbocycles. The Kier molecular flexibility index (Phi) is 6.30. The first-order valence-corrected chi connectivity index (χ1v) is 6.05. The first kappa shape index (κ1) is 18.2. The standard InChI is InChI=1S/C12H12F3N3O5/c1-16-11(21)18-8(19)5-22-10(20)7-2-3-9(17-4-7)23-6-12(13,14)15/h2-4H,5-6H2,1H3,(H2,16,18,19,21). The molecule has 1 heterocycles. The van der Waals surface area contributed by atoms with Crippen LogP contribution in [-0.2, 0) is 9.53 Å². The first-order chi connectivity index (χ1) is 10.7. The van der Waals surface area contributed by atoms with Crippen molar-refractivity contribution in [2.75, 3.05) is 20.3 Å². The molecule has 0 bridgehead atoms. The third-order valence-corrected chi connectivity index (χ3v) is 2.17. The normalized spacial score (nSPS) is 10.6. The van der Waals surface area contributed by atoms with Crippen LogP contribution in [0.2, 0.25) is 0 Å². The van der Waals surface area contributed by atoms with Gasteiger partial charge < -0.3 is 14.8 Å². The molecule has 0 fully saturated rings. The number of aromatic nitrogens is 1. The van der Waals surface area contributed by atoms with Gasteiger partial charge in [-0.3, -0.25) is 10.1 Å². The number of halogens is 3. The highest BCUT2D eigenvalue weighted by atomic mass is 19.4. The third kappa shape index (κ3) is 7.11. The second-order valence-corrected chi connectivity index (χ2v) is 3.99. The van der Waals surface area contributed by atoms with E-state index < -0.39 is 37.3 Å². The Morgan fingerprint density at radius 3 is 2.48 bits per heavy atom. The minimum atomic E-state index is -4.50. The molecule has 0 aliphatic heterocycles. The molecule has 0 spiro atoms. The van der Waals surface area contributed by atoms with Gasteiger partial charge in [-0.15, -0.1) is 0 Å². The van der Waals surface area contributed by atoms with Crippen LogP contribution in [0.15, 0.2) is 18.3 Å². The number of alkyl halides is 3. The van der Waals surface area contributed by atoms with Gasteiger partial charge in [0.25, 0.3) is 5.91 Å². The van der Waals surface area contributed by atoms with Crippen LogP contribution in [0.3, 0.4) is 0 Å². The highest BCUT2D eigenvalue weighted by Crippen LogP contribution is 2.17. The quantitative estimate of drug-likeness (QED) is 0.765. The SMILES string of the molecule is CNC(=O)NC(=O)COC(=O)c1ccc(OCC(F)(F)F)nc1. The van der Waals surface area contributed by atoms with E-state index in [1.54, 1.807) is 0 Å². The van der Waals surface area contributed by atoms with Gasteiger partial charge >= 0.3 is 18.2 Å². The van der Waals surface area contributed by atoms with Crippen molar-refractivity contribution in [2.24, 2.45) is 0 Å². The Bertz CT molecular complexity index is 574. The topological polar surface area (TPSA) is 107 Å². The number of hydrogen-bond donors (Lipinski definition) is 2. The molecule has 0 radical (unpaired) electrons. The molecule has 2 N–H and O–H groups in total.